The van der Waals surface area contributed by atoms with Gasteiger partial charge in [-0.15, -0.1) is 0 Å². The van der Waals surface area contributed by atoms with Crippen molar-refractivity contribution in [1.29, 1.82) is 5.26 Å². The topological polar surface area (TPSA) is 82.5 Å². The predicted molar refractivity (Wildman–Crippen MR) is 66.7 cm³/mol. The number of rotatable bonds is 5. The maximum Gasteiger partial charge on any atom is 0.0992 e. The molecule has 17 heavy (non-hydrogen) atoms. The maximum absolute atomic E-state index is 9.61. The number of benzene rings is 1. The number of aliphatic hydroxyl groups excluding tert-OH is 1. The van der Waals surface area contributed by atoms with E-state index in [4.69, 9.17) is 15.7 Å². The van der Waals surface area contributed by atoms with Crippen LogP contribution in [-0.4, -0.2) is 38.5 Å². The average molecular weight is 235 g/mol. The van der Waals surface area contributed by atoms with Crippen LogP contribution < -0.4 is 10.6 Å². The Hall–Kier alpha value is -1.77. The van der Waals surface area contributed by atoms with Crippen LogP contribution in [0.25, 0.3) is 0 Å². The first kappa shape index (κ1) is 13.3. The van der Waals surface area contributed by atoms with Gasteiger partial charge in [0.2, 0.25) is 0 Å². The fraction of sp³-hybridized carbons (Fsp3) is 0.417. The minimum atomic E-state index is -0.569. The summed E-state index contributed by atoms with van der Waals surface area (Å²) in [5.74, 6) is 0. The van der Waals surface area contributed by atoms with E-state index in [9.17, 15) is 5.11 Å². The first-order valence-corrected chi connectivity index (χ1v) is 5.26. The lowest BCUT2D eigenvalue weighted by Gasteiger charge is -2.23. The van der Waals surface area contributed by atoms with Gasteiger partial charge in [0.05, 0.1) is 35.7 Å². The number of hydrogen-bond acceptors (Lipinski definition) is 5. The van der Waals surface area contributed by atoms with E-state index in [1.807, 2.05) is 18.0 Å². The first-order valence-electron chi connectivity index (χ1n) is 5.26. The van der Waals surface area contributed by atoms with Gasteiger partial charge >= 0.3 is 0 Å². The van der Waals surface area contributed by atoms with Crippen molar-refractivity contribution in [2.45, 2.75) is 6.10 Å². The largest absolute Gasteiger partial charge is 0.397 e. The van der Waals surface area contributed by atoms with Crippen LogP contribution in [-0.2, 0) is 4.74 Å². The second-order valence-electron chi connectivity index (χ2n) is 3.88. The molecule has 1 rings (SSSR count). The molecule has 0 aliphatic carbocycles. The summed E-state index contributed by atoms with van der Waals surface area (Å²) in [5, 5.41) is 18.3. The summed E-state index contributed by atoms with van der Waals surface area (Å²) in [7, 11) is 3.37. The number of hydrogen-bond donors (Lipinski definition) is 2. The standard InChI is InChI=1S/C12H17N3O2/c1-15(7-10(16)8-17-2)12-4-3-9(6-13)5-11(12)14/h3-5,10,16H,7-8,14H2,1-2H3. The molecule has 3 N–H and O–H groups in total. The number of nitrogen functional groups attached to an aromatic ring is 1. The quantitative estimate of drug-likeness (QED) is 0.730. The third kappa shape index (κ3) is 3.63. The van der Waals surface area contributed by atoms with E-state index < -0.39 is 6.10 Å². The number of nitrogens with zero attached hydrogens (tertiary/aromatic N) is 2. The van der Waals surface area contributed by atoms with Crippen molar-refractivity contribution < 1.29 is 9.84 Å². The smallest absolute Gasteiger partial charge is 0.0992 e. The highest BCUT2D eigenvalue weighted by Gasteiger charge is 2.11. The Morgan fingerprint density at radius 3 is 2.82 bits per heavy atom. The van der Waals surface area contributed by atoms with Gasteiger partial charge < -0.3 is 20.5 Å². The fourth-order valence-corrected chi connectivity index (χ4v) is 1.63. The van der Waals surface area contributed by atoms with Crippen molar-refractivity contribution in [3.63, 3.8) is 0 Å². The van der Waals surface area contributed by atoms with Gasteiger partial charge in [0.1, 0.15) is 0 Å². The number of ether oxygens (including phenoxy) is 1. The van der Waals surface area contributed by atoms with Crippen molar-refractivity contribution in [2.75, 3.05) is 37.9 Å². The van der Waals surface area contributed by atoms with E-state index in [1.54, 1.807) is 25.3 Å². The predicted octanol–water partition coefficient (Wildman–Crippen LogP) is 0.584. The summed E-state index contributed by atoms with van der Waals surface area (Å²) in [6, 6.07) is 7.12. The normalized spacial score (nSPS) is 11.9. The number of anilines is 2. The van der Waals surface area contributed by atoms with E-state index in [0.717, 1.165) is 5.69 Å². The molecule has 0 amide bonds. The zero-order valence-corrected chi connectivity index (χ0v) is 10.1. The van der Waals surface area contributed by atoms with Crippen molar-refractivity contribution in [3.8, 4) is 6.07 Å². The van der Waals surface area contributed by atoms with Gasteiger partial charge in [-0.3, -0.25) is 0 Å². The molecule has 0 aliphatic heterocycles. The molecule has 0 bridgehead atoms. The number of nitriles is 1. The van der Waals surface area contributed by atoms with E-state index in [0.29, 0.717) is 17.8 Å². The van der Waals surface area contributed by atoms with Gasteiger partial charge in [-0.05, 0) is 18.2 Å². The van der Waals surface area contributed by atoms with Crippen LogP contribution in [0, 0.1) is 11.3 Å². The van der Waals surface area contributed by atoms with E-state index >= 15 is 0 Å². The summed E-state index contributed by atoms with van der Waals surface area (Å²) in [6.07, 6.45) is -0.569. The summed E-state index contributed by atoms with van der Waals surface area (Å²) in [4.78, 5) is 1.83. The van der Waals surface area contributed by atoms with Crippen LogP contribution in [0.15, 0.2) is 18.2 Å². The molecule has 5 heteroatoms. The molecule has 92 valence electrons. The van der Waals surface area contributed by atoms with Crippen LogP contribution in [0.2, 0.25) is 0 Å². The molecule has 1 aromatic carbocycles. The monoisotopic (exact) mass is 235 g/mol. The SMILES string of the molecule is COCC(O)CN(C)c1ccc(C#N)cc1N. The third-order valence-electron chi connectivity index (χ3n) is 2.41. The number of likely N-dealkylation sites (N-methyl/N-ethyl adjacent to an activating group) is 1. The molecule has 1 unspecified atom stereocenters. The first-order chi connectivity index (χ1) is 8.08. The van der Waals surface area contributed by atoms with Crippen molar-refractivity contribution in [3.05, 3.63) is 23.8 Å². The van der Waals surface area contributed by atoms with E-state index in [-0.39, 0.29) is 6.61 Å². The summed E-state index contributed by atoms with van der Waals surface area (Å²) in [5.41, 5.74) is 7.68. The van der Waals surface area contributed by atoms with Crippen LogP contribution >= 0.6 is 0 Å². The Morgan fingerprint density at radius 1 is 1.59 bits per heavy atom. The fourth-order valence-electron chi connectivity index (χ4n) is 1.63. The number of methoxy groups -OCH3 is 1. The Morgan fingerprint density at radius 2 is 2.29 bits per heavy atom. The summed E-state index contributed by atoms with van der Waals surface area (Å²) in [6.45, 7) is 0.699. The Bertz CT molecular complexity index is 415. The summed E-state index contributed by atoms with van der Waals surface area (Å²) < 4.78 is 4.86. The molecule has 1 atom stereocenters. The van der Waals surface area contributed by atoms with E-state index in [2.05, 4.69) is 0 Å². The minimum Gasteiger partial charge on any atom is -0.397 e. The molecule has 0 aromatic heterocycles. The highest BCUT2D eigenvalue weighted by molar-refractivity contribution is 5.69. The Balaban J connectivity index is 2.76. The molecule has 0 radical (unpaired) electrons. The van der Waals surface area contributed by atoms with Gasteiger partial charge in [0.15, 0.2) is 0 Å². The van der Waals surface area contributed by atoms with Gasteiger partial charge in [-0.2, -0.15) is 5.26 Å². The molecular weight excluding hydrogens is 218 g/mol. The molecule has 0 saturated carbocycles. The zero-order chi connectivity index (χ0) is 12.8. The van der Waals surface area contributed by atoms with E-state index in [1.165, 1.54) is 0 Å². The molecule has 0 spiro atoms. The highest BCUT2D eigenvalue weighted by Crippen LogP contribution is 2.23. The molecule has 0 aliphatic rings. The van der Waals surface area contributed by atoms with Gasteiger partial charge in [-0.25, -0.2) is 0 Å². The lowest BCUT2D eigenvalue weighted by molar-refractivity contribution is 0.0695. The second kappa shape index (κ2) is 6.09. The molecule has 0 fully saturated rings. The van der Waals surface area contributed by atoms with Crippen molar-refractivity contribution >= 4 is 11.4 Å². The minimum absolute atomic E-state index is 0.278. The van der Waals surface area contributed by atoms with Crippen LogP contribution in [0.3, 0.4) is 0 Å². The highest BCUT2D eigenvalue weighted by atomic mass is 16.5. The number of aliphatic hydroxyl groups is 1. The summed E-state index contributed by atoms with van der Waals surface area (Å²) >= 11 is 0. The Kier molecular flexibility index (Phi) is 4.76. The molecule has 5 nitrogen and oxygen atoms in total. The van der Waals surface area contributed by atoms with Crippen molar-refractivity contribution in [1.82, 2.24) is 0 Å². The van der Waals surface area contributed by atoms with Gasteiger partial charge in [-0.1, -0.05) is 0 Å². The van der Waals surface area contributed by atoms with Crippen LogP contribution in [0.4, 0.5) is 11.4 Å². The lowest BCUT2D eigenvalue weighted by atomic mass is 10.1. The molecule has 0 heterocycles. The Labute approximate surface area is 101 Å². The van der Waals surface area contributed by atoms with Crippen LogP contribution in [0.1, 0.15) is 5.56 Å². The second-order valence-corrected chi connectivity index (χ2v) is 3.88. The maximum atomic E-state index is 9.61. The van der Waals surface area contributed by atoms with Gasteiger partial charge in [0.25, 0.3) is 0 Å². The van der Waals surface area contributed by atoms with Gasteiger partial charge in [0, 0.05) is 20.7 Å². The van der Waals surface area contributed by atoms with Crippen molar-refractivity contribution in [2.24, 2.45) is 0 Å². The number of nitrogens with two attached hydrogens (primary N) is 1. The molecule has 1 aromatic rings. The zero-order valence-electron chi connectivity index (χ0n) is 10.1. The molecule has 0 saturated heterocycles. The van der Waals surface area contributed by atoms with Crippen LogP contribution in [0.5, 0.6) is 0 Å². The molecular formula is C12H17N3O2. The third-order valence-corrected chi connectivity index (χ3v) is 2.41. The lowest BCUT2D eigenvalue weighted by Crippen LogP contribution is -2.32. The average Bonchev–Trinajstić information content (AvgIpc) is 2.28.